The average molecular weight is 264 g/mol. The van der Waals surface area contributed by atoms with Crippen LogP contribution in [0.4, 0.5) is 0 Å². The molecule has 1 aliphatic rings. The summed E-state index contributed by atoms with van der Waals surface area (Å²) in [7, 11) is 0. The quantitative estimate of drug-likeness (QED) is 0.838. The fourth-order valence-electron chi connectivity index (χ4n) is 2.74. The molecule has 1 fully saturated rings. The molecule has 0 aromatic carbocycles. The lowest BCUT2D eigenvalue weighted by atomic mass is 9.70. The van der Waals surface area contributed by atoms with Crippen LogP contribution in [-0.2, 0) is 11.3 Å². The molecule has 1 aromatic heterocycles. The van der Waals surface area contributed by atoms with Crippen LogP contribution in [0.25, 0.3) is 0 Å². The normalized spacial score (nSPS) is 27.2. The molecule has 0 radical (unpaired) electrons. The topological polar surface area (TPSA) is 72.9 Å². The summed E-state index contributed by atoms with van der Waals surface area (Å²) in [4.78, 5) is 16.3. The highest BCUT2D eigenvalue weighted by molar-refractivity contribution is 5.83. The maximum absolute atomic E-state index is 12.4. The highest BCUT2D eigenvalue weighted by Crippen LogP contribution is 2.38. The Kier molecular flexibility index (Phi) is 4.58. The Morgan fingerprint density at radius 1 is 1.53 bits per heavy atom. The molecule has 1 aromatic rings. The van der Waals surface area contributed by atoms with Gasteiger partial charge in [-0.05, 0) is 31.6 Å². The number of carbonyl (C=O) groups excluding carboxylic acids is 1. The van der Waals surface area contributed by atoms with Crippen molar-refractivity contribution in [2.24, 2.45) is 17.1 Å². The monoisotopic (exact) mass is 264 g/mol. The largest absolute Gasteiger partial charge is 0.354 e. The van der Waals surface area contributed by atoms with Gasteiger partial charge in [-0.1, -0.05) is 6.92 Å². The van der Waals surface area contributed by atoms with Gasteiger partial charge in [0.2, 0.25) is 5.91 Å². The van der Waals surface area contributed by atoms with Gasteiger partial charge in [0.1, 0.15) is 0 Å². The van der Waals surface area contributed by atoms with E-state index in [0.29, 0.717) is 13.1 Å². The van der Waals surface area contributed by atoms with E-state index in [1.807, 2.05) is 10.8 Å². The Bertz CT molecular complexity index is 394. The van der Waals surface area contributed by atoms with Gasteiger partial charge in [-0.25, -0.2) is 4.98 Å². The van der Waals surface area contributed by atoms with E-state index < -0.39 is 0 Å². The van der Waals surface area contributed by atoms with Crippen LogP contribution in [0.1, 0.15) is 32.6 Å². The van der Waals surface area contributed by atoms with E-state index in [-0.39, 0.29) is 11.3 Å². The fourth-order valence-corrected chi connectivity index (χ4v) is 2.74. The van der Waals surface area contributed by atoms with Crippen molar-refractivity contribution in [2.45, 2.75) is 39.2 Å². The van der Waals surface area contributed by atoms with Gasteiger partial charge in [-0.3, -0.25) is 4.79 Å². The summed E-state index contributed by atoms with van der Waals surface area (Å²) < 4.78 is 1.96. The van der Waals surface area contributed by atoms with E-state index >= 15 is 0 Å². The molecule has 106 valence electrons. The Labute approximate surface area is 114 Å². The summed E-state index contributed by atoms with van der Waals surface area (Å²) in [5, 5.41) is 3.03. The van der Waals surface area contributed by atoms with Gasteiger partial charge in [0.25, 0.3) is 0 Å². The number of amides is 1. The summed E-state index contributed by atoms with van der Waals surface area (Å²) in [5.74, 6) is 0.848. The number of aromatic nitrogens is 2. The Hall–Kier alpha value is -1.36. The number of rotatable bonds is 5. The van der Waals surface area contributed by atoms with Crippen molar-refractivity contribution in [1.82, 2.24) is 14.9 Å². The minimum atomic E-state index is -0.332. The molecule has 1 heterocycles. The molecule has 0 saturated heterocycles. The molecule has 1 saturated carbocycles. The molecule has 3 N–H and O–H groups in total. The van der Waals surface area contributed by atoms with Crippen LogP contribution in [-0.4, -0.2) is 28.5 Å². The van der Waals surface area contributed by atoms with Crippen LogP contribution in [0, 0.1) is 11.3 Å². The first kappa shape index (κ1) is 14.1. The predicted molar refractivity (Wildman–Crippen MR) is 74.4 cm³/mol. The Balaban J connectivity index is 1.83. The number of hydrogen-bond acceptors (Lipinski definition) is 3. The molecule has 0 spiro atoms. The Morgan fingerprint density at radius 2 is 2.26 bits per heavy atom. The summed E-state index contributed by atoms with van der Waals surface area (Å²) in [6.45, 7) is 4.09. The molecule has 5 nitrogen and oxygen atoms in total. The maximum atomic E-state index is 12.4. The first-order valence-corrected chi connectivity index (χ1v) is 7.10. The van der Waals surface area contributed by atoms with Crippen molar-refractivity contribution in [3.63, 3.8) is 0 Å². The van der Waals surface area contributed by atoms with Crippen LogP contribution < -0.4 is 11.1 Å². The molecule has 19 heavy (non-hydrogen) atoms. The van der Waals surface area contributed by atoms with E-state index in [9.17, 15) is 4.79 Å². The zero-order chi connectivity index (χ0) is 13.7. The minimum absolute atomic E-state index is 0.127. The number of hydrogen-bond donors (Lipinski definition) is 2. The van der Waals surface area contributed by atoms with Crippen LogP contribution in [0.2, 0.25) is 0 Å². The maximum Gasteiger partial charge on any atom is 0.227 e. The third kappa shape index (κ3) is 3.35. The van der Waals surface area contributed by atoms with Gasteiger partial charge in [0, 0.05) is 32.0 Å². The van der Waals surface area contributed by atoms with Gasteiger partial charge >= 0.3 is 0 Å². The molecule has 0 unspecified atom stereocenters. The lowest BCUT2D eigenvalue weighted by Gasteiger charge is -2.37. The summed E-state index contributed by atoms with van der Waals surface area (Å²) in [6.07, 6.45) is 9.44. The zero-order valence-electron chi connectivity index (χ0n) is 11.6. The second kappa shape index (κ2) is 6.19. The first-order chi connectivity index (χ1) is 9.16. The standard InChI is InChI=1S/C14H24N4O/c1-12-2-4-14(10-15,5-3-12)13(19)17-7-9-18-8-6-16-11-18/h6,8,11-12H,2-5,7,9-10,15H2,1H3,(H,17,19). The van der Waals surface area contributed by atoms with Crippen LogP contribution in [0.5, 0.6) is 0 Å². The molecule has 5 heteroatoms. The lowest BCUT2D eigenvalue weighted by Crippen LogP contribution is -2.48. The SMILES string of the molecule is CC1CCC(CN)(C(=O)NCCn2ccnc2)CC1. The highest BCUT2D eigenvalue weighted by atomic mass is 16.2. The molecule has 0 atom stereocenters. The van der Waals surface area contributed by atoms with Crippen LogP contribution in [0.15, 0.2) is 18.7 Å². The smallest absolute Gasteiger partial charge is 0.227 e. The number of nitrogens with zero attached hydrogens (tertiary/aromatic N) is 2. The molecule has 2 rings (SSSR count). The second-order valence-corrected chi connectivity index (χ2v) is 5.72. The van der Waals surface area contributed by atoms with Gasteiger partial charge in [0.15, 0.2) is 0 Å². The van der Waals surface area contributed by atoms with Gasteiger partial charge < -0.3 is 15.6 Å². The van der Waals surface area contributed by atoms with Crippen molar-refractivity contribution in [1.29, 1.82) is 0 Å². The molecule has 1 amide bonds. The number of nitrogens with two attached hydrogens (primary N) is 1. The van der Waals surface area contributed by atoms with Crippen molar-refractivity contribution in [3.05, 3.63) is 18.7 Å². The number of carbonyl (C=O) groups is 1. The van der Waals surface area contributed by atoms with E-state index in [2.05, 4.69) is 17.2 Å². The predicted octanol–water partition coefficient (Wildman–Crippen LogP) is 1.15. The van der Waals surface area contributed by atoms with Crippen molar-refractivity contribution < 1.29 is 4.79 Å². The van der Waals surface area contributed by atoms with Crippen molar-refractivity contribution >= 4 is 5.91 Å². The highest BCUT2D eigenvalue weighted by Gasteiger charge is 2.39. The number of imidazole rings is 1. The van der Waals surface area contributed by atoms with Gasteiger partial charge in [-0.15, -0.1) is 0 Å². The van der Waals surface area contributed by atoms with E-state index in [1.165, 1.54) is 0 Å². The lowest BCUT2D eigenvalue weighted by molar-refractivity contribution is -0.132. The van der Waals surface area contributed by atoms with E-state index in [0.717, 1.165) is 38.1 Å². The Morgan fingerprint density at radius 3 is 2.84 bits per heavy atom. The van der Waals surface area contributed by atoms with Crippen molar-refractivity contribution in [2.75, 3.05) is 13.1 Å². The summed E-state index contributed by atoms with van der Waals surface area (Å²) >= 11 is 0. The summed E-state index contributed by atoms with van der Waals surface area (Å²) in [6, 6.07) is 0. The fraction of sp³-hybridized carbons (Fsp3) is 0.714. The minimum Gasteiger partial charge on any atom is -0.354 e. The second-order valence-electron chi connectivity index (χ2n) is 5.72. The molecule has 0 aliphatic heterocycles. The summed E-state index contributed by atoms with van der Waals surface area (Å²) in [5.41, 5.74) is 5.54. The van der Waals surface area contributed by atoms with Crippen molar-refractivity contribution in [3.8, 4) is 0 Å². The third-order valence-electron chi connectivity index (χ3n) is 4.32. The van der Waals surface area contributed by atoms with Crippen LogP contribution in [0.3, 0.4) is 0 Å². The average Bonchev–Trinajstić information content (AvgIpc) is 2.93. The molecule has 1 aliphatic carbocycles. The number of nitrogens with one attached hydrogen (secondary N) is 1. The first-order valence-electron chi connectivity index (χ1n) is 7.10. The third-order valence-corrected chi connectivity index (χ3v) is 4.32. The van der Waals surface area contributed by atoms with E-state index in [4.69, 9.17) is 5.73 Å². The molecular weight excluding hydrogens is 240 g/mol. The zero-order valence-corrected chi connectivity index (χ0v) is 11.6. The van der Waals surface area contributed by atoms with E-state index in [1.54, 1.807) is 12.5 Å². The van der Waals surface area contributed by atoms with Crippen LogP contribution >= 0.6 is 0 Å². The van der Waals surface area contributed by atoms with Gasteiger partial charge in [0.05, 0.1) is 11.7 Å². The molecular formula is C14H24N4O. The molecule has 0 bridgehead atoms. The van der Waals surface area contributed by atoms with Gasteiger partial charge in [-0.2, -0.15) is 0 Å².